The van der Waals surface area contributed by atoms with Gasteiger partial charge in [0, 0.05) is 11.6 Å². The van der Waals surface area contributed by atoms with Crippen LogP contribution >= 0.6 is 0 Å². The number of hydrogen-bond donors (Lipinski definition) is 1. The Kier molecular flexibility index (Phi) is 4.39. The molecule has 0 aromatic heterocycles. The van der Waals surface area contributed by atoms with Crippen molar-refractivity contribution in [3.63, 3.8) is 0 Å². The summed E-state index contributed by atoms with van der Waals surface area (Å²) in [4.78, 5) is 0. The molecule has 0 saturated heterocycles. The highest BCUT2D eigenvalue weighted by molar-refractivity contribution is 5.60. The second-order valence-electron chi connectivity index (χ2n) is 4.53. The van der Waals surface area contributed by atoms with Crippen molar-refractivity contribution < 1.29 is 13.5 Å². The second kappa shape index (κ2) is 6.23. The minimum absolute atomic E-state index is 0.0380. The number of nitriles is 1. The van der Waals surface area contributed by atoms with E-state index in [4.69, 9.17) is 10.00 Å². The van der Waals surface area contributed by atoms with Gasteiger partial charge in [-0.25, -0.2) is 8.78 Å². The quantitative estimate of drug-likeness (QED) is 0.924. The number of rotatable bonds is 4. The summed E-state index contributed by atoms with van der Waals surface area (Å²) in [6.45, 7) is 1.65. The summed E-state index contributed by atoms with van der Waals surface area (Å²) in [7, 11) is 1.47. The van der Waals surface area contributed by atoms with E-state index in [0.717, 1.165) is 0 Å². The molecule has 5 heteroatoms. The van der Waals surface area contributed by atoms with Crippen molar-refractivity contribution in [2.45, 2.75) is 13.0 Å². The molecule has 3 nitrogen and oxygen atoms in total. The van der Waals surface area contributed by atoms with Crippen LogP contribution in [0.15, 0.2) is 36.4 Å². The number of nitrogens with one attached hydrogen (secondary N) is 1. The molecule has 0 aliphatic rings. The average Bonchev–Trinajstić information content (AvgIpc) is 2.47. The lowest BCUT2D eigenvalue weighted by Gasteiger charge is -2.19. The third kappa shape index (κ3) is 3.11. The fourth-order valence-corrected chi connectivity index (χ4v) is 2.11. The molecule has 0 bridgehead atoms. The molecule has 0 radical (unpaired) electrons. The van der Waals surface area contributed by atoms with E-state index >= 15 is 0 Å². The Hall–Kier alpha value is -2.61. The Morgan fingerprint density at radius 1 is 1.19 bits per heavy atom. The van der Waals surface area contributed by atoms with Gasteiger partial charge < -0.3 is 10.1 Å². The fraction of sp³-hybridized carbons (Fsp3) is 0.188. The van der Waals surface area contributed by atoms with Gasteiger partial charge in [-0.2, -0.15) is 5.26 Å². The SMILES string of the molecule is COc1cc(C#N)ccc1NC(C)c1c(F)cccc1F. The van der Waals surface area contributed by atoms with Gasteiger partial charge in [0.2, 0.25) is 0 Å². The highest BCUT2D eigenvalue weighted by atomic mass is 19.1. The summed E-state index contributed by atoms with van der Waals surface area (Å²) in [5, 5.41) is 11.9. The van der Waals surface area contributed by atoms with Crippen LogP contribution in [0.2, 0.25) is 0 Å². The molecule has 2 aromatic rings. The van der Waals surface area contributed by atoms with Crippen LogP contribution in [0.1, 0.15) is 24.1 Å². The summed E-state index contributed by atoms with van der Waals surface area (Å²) in [6, 6.07) is 9.98. The molecule has 0 fully saturated rings. The maximum absolute atomic E-state index is 13.8. The first-order chi connectivity index (χ1) is 10.1. The Morgan fingerprint density at radius 2 is 1.86 bits per heavy atom. The maximum Gasteiger partial charge on any atom is 0.143 e. The zero-order valence-corrected chi connectivity index (χ0v) is 11.7. The van der Waals surface area contributed by atoms with Crippen LogP contribution < -0.4 is 10.1 Å². The first kappa shape index (κ1) is 14.8. The van der Waals surface area contributed by atoms with Gasteiger partial charge in [-0.05, 0) is 31.2 Å². The normalized spacial score (nSPS) is 11.6. The Balaban J connectivity index is 2.32. The van der Waals surface area contributed by atoms with Crippen molar-refractivity contribution in [1.29, 1.82) is 5.26 Å². The van der Waals surface area contributed by atoms with Gasteiger partial charge in [0.15, 0.2) is 0 Å². The van der Waals surface area contributed by atoms with Gasteiger partial charge in [0.05, 0.1) is 30.5 Å². The number of methoxy groups -OCH3 is 1. The standard InChI is InChI=1S/C16H14F2N2O/c1-10(16-12(17)4-3-5-13(16)18)20-14-7-6-11(9-19)8-15(14)21-2/h3-8,10,20H,1-2H3. The predicted octanol–water partition coefficient (Wildman–Crippen LogP) is 4.02. The van der Waals surface area contributed by atoms with Crippen LogP contribution in [0, 0.1) is 23.0 Å². The van der Waals surface area contributed by atoms with Crippen LogP contribution in [0.5, 0.6) is 5.75 Å². The fourth-order valence-electron chi connectivity index (χ4n) is 2.11. The van der Waals surface area contributed by atoms with E-state index in [9.17, 15) is 8.78 Å². The summed E-state index contributed by atoms with van der Waals surface area (Å²) >= 11 is 0. The van der Waals surface area contributed by atoms with Crippen molar-refractivity contribution in [3.05, 3.63) is 59.2 Å². The molecule has 0 amide bonds. The molecule has 0 aliphatic carbocycles. The number of hydrogen-bond acceptors (Lipinski definition) is 3. The molecular weight excluding hydrogens is 274 g/mol. The Labute approximate surface area is 121 Å². The van der Waals surface area contributed by atoms with Gasteiger partial charge in [-0.1, -0.05) is 6.07 Å². The third-order valence-corrected chi connectivity index (χ3v) is 3.14. The van der Waals surface area contributed by atoms with Crippen LogP contribution in [0.4, 0.5) is 14.5 Å². The largest absolute Gasteiger partial charge is 0.495 e. The number of nitrogens with zero attached hydrogens (tertiary/aromatic N) is 1. The summed E-state index contributed by atoms with van der Waals surface area (Å²) in [5.41, 5.74) is 0.970. The van der Waals surface area contributed by atoms with Gasteiger partial charge in [-0.15, -0.1) is 0 Å². The first-order valence-electron chi connectivity index (χ1n) is 6.35. The minimum atomic E-state index is -0.609. The molecular formula is C16H14F2N2O. The van der Waals surface area contributed by atoms with Crippen LogP contribution in [0.3, 0.4) is 0 Å². The van der Waals surface area contributed by atoms with Crippen LogP contribution in [0.25, 0.3) is 0 Å². The maximum atomic E-state index is 13.8. The molecule has 1 atom stereocenters. The third-order valence-electron chi connectivity index (χ3n) is 3.14. The van der Waals surface area contributed by atoms with E-state index in [1.54, 1.807) is 25.1 Å². The lowest BCUT2D eigenvalue weighted by molar-refractivity contribution is 0.415. The first-order valence-corrected chi connectivity index (χ1v) is 6.35. The zero-order chi connectivity index (χ0) is 15.4. The molecule has 0 heterocycles. The molecule has 1 N–H and O–H groups in total. The number of halogens is 2. The smallest absolute Gasteiger partial charge is 0.143 e. The topological polar surface area (TPSA) is 45.0 Å². The molecule has 2 rings (SSSR count). The summed E-state index contributed by atoms with van der Waals surface area (Å²) in [5.74, 6) is -0.775. The molecule has 0 spiro atoms. The summed E-state index contributed by atoms with van der Waals surface area (Å²) in [6.07, 6.45) is 0. The molecule has 0 aliphatic heterocycles. The van der Waals surface area contributed by atoms with Crippen molar-refractivity contribution in [1.82, 2.24) is 0 Å². The van der Waals surface area contributed by atoms with E-state index in [1.165, 1.54) is 25.3 Å². The van der Waals surface area contributed by atoms with Crippen LogP contribution in [-0.2, 0) is 0 Å². The molecule has 1 unspecified atom stereocenters. The van der Waals surface area contributed by atoms with E-state index in [1.807, 2.05) is 6.07 Å². The molecule has 2 aromatic carbocycles. The van der Waals surface area contributed by atoms with Crippen molar-refractivity contribution in [3.8, 4) is 11.8 Å². The van der Waals surface area contributed by atoms with Crippen molar-refractivity contribution in [2.24, 2.45) is 0 Å². The van der Waals surface area contributed by atoms with E-state index in [0.29, 0.717) is 17.0 Å². The summed E-state index contributed by atoms with van der Waals surface area (Å²) < 4.78 is 32.7. The zero-order valence-electron chi connectivity index (χ0n) is 11.7. The van der Waals surface area contributed by atoms with Gasteiger partial charge in [-0.3, -0.25) is 0 Å². The molecule has 0 saturated carbocycles. The molecule has 108 valence electrons. The lowest BCUT2D eigenvalue weighted by Crippen LogP contribution is -2.11. The number of benzene rings is 2. The average molecular weight is 288 g/mol. The second-order valence-corrected chi connectivity index (χ2v) is 4.53. The van der Waals surface area contributed by atoms with Gasteiger partial charge in [0.25, 0.3) is 0 Å². The van der Waals surface area contributed by atoms with Crippen molar-refractivity contribution >= 4 is 5.69 Å². The Morgan fingerprint density at radius 3 is 2.43 bits per heavy atom. The van der Waals surface area contributed by atoms with Crippen molar-refractivity contribution in [2.75, 3.05) is 12.4 Å². The van der Waals surface area contributed by atoms with Gasteiger partial charge in [0.1, 0.15) is 17.4 Å². The monoisotopic (exact) mass is 288 g/mol. The van der Waals surface area contributed by atoms with E-state index in [2.05, 4.69) is 5.32 Å². The van der Waals surface area contributed by atoms with Crippen LogP contribution in [-0.4, -0.2) is 7.11 Å². The number of anilines is 1. The highest BCUT2D eigenvalue weighted by Crippen LogP contribution is 2.30. The minimum Gasteiger partial charge on any atom is -0.495 e. The highest BCUT2D eigenvalue weighted by Gasteiger charge is 2.17. The van der Waals surface area contributed by atoms with Gasteiger partial charge >= 0.3 is 0 Å². The van der Waals surface area contributed by atoms with E-state index < -0.39 is 17.7 Å². The predicted molar refractivity (Wildman–Crippen MR) is 76.1 cm³/mol. The lowest BCUT2D eigenvalue weighted by atomic mass is 10.1. The Bertz CT molecular complexity index is 675. The number of ether oxygens (including phenoxy) is 1. The molecule has 21 heavy (non-hydrogen) atoms. The van der Waals surface area contributed by atoms with E-state index in [-0.39, 0.29) is 5.56 Å².